The maximum atomic E-state index is 10.7. The van der Waals surface area contributed by atoms with Crippen LogP contribution in [0.25, 0.3) is 93.6 Å². The first-order valence-corrected chi connectivity index (χ1v) is 18.3. The van der Waals surface area contributed by atoms with Gasteiger partial charge >= 0.3 is 0 Å². The van der Waals surface area contributed by atoms with Crippen molar-refractivity contribution in [3.05, 3.63) is 187 Å². The molecule has 8 aromatic carbocycles. The number of hydrogen-bond donors (Lipinski definition) is 0. The number of fused-ring (bicyclic) bond motifs is 9. The highest BCUT2D eigenvalue weighted by Crippen LogP contribution is 2.43. The Hall–Kier alpha value is -7.86. The van der Waals surface area contributed by atoms with Gasteiger partial charge in [0.1, 0.15) is 0 Å². The standard InChI is InChI=1S/C50H29N5/c51-30-32-26-27-45-40(28-32)38-17-3-5-19-41(38)53(45)35-14-9-12-33(29-35)49-34(31-52)13-10-23-46(49)55-44-22-8-4-18-39(44)50-47(24-11-25-48(50)55)54-42-20-6-1-15-36(42)37-16-2-7-21-43(37)54/h1-29H. The Balaban J connectivity index is 1.19. The molecule has 0 N–H and O–H groups in total. The van der Waals surface area contributed by atoms with Crippen LogP contribution in [0.5, 0.6) is 0 Å². The topological polar surface area (TPSA) is 62.4 Å². The maximum Gasteiger partial charge on any atom is 0.0998 e. The van der Waals surface area contributed by atoms with Crippen molar-refractivity contribution in [1.29, 1.82) is 10.5 Å². The van der Waals surface area contributed by atoms with Gasteiger partial charge in [0.25, 0.3) is 0 Å². The number of rotatable bonds is 4. The summed E-state index contributed by atoms with van der Waals surface area (Å²) in [6, 6.07) is 65.9. The summed E-state index contributed by atoms with van der Waals surface area (Å²) in [5, 5.41) is 27.2. The molecule has 5 nitrogen and oxygen atoms in total. The Kier molecular flexibility index (Phi) is 6.61. The van der Waals surface area contributed by atoms with Gasteiger partial charge in [-0.15, -0.1) is 0 Å². The molecule has 55 heavy (non-hydrogen) atoms. The van der Waals surface area contributed by atoms with Crippen LogP contribution >= 0.6 is 0 Å². The van der Waals surface area contributed by atoms with E-state index in [1.54, 1.807) is 0 Å². The predicted molar refractivity (Wildman–Crippen MR) is 224 cm³/mol. The van der Waals surface area contributed by atoms with Crippen LogP contribution in [-0.4, -0.2) is 13.7 Å². The van der Waals surface area contributed by atoms with Crippen molar-refractivity contribution in [3.63, 3.8) is 0 Å². The second-order valence-corrected chi connectivity index (χ2v) is 14.0. The molecule has 0 atom stereocenters. The molecule has 0 saturated heterocycles. The van der Waals surface area contributed by atoms with Gasteiger partial charge in [-0.2, -0.15) is 10.5 Å². The van der Waals surface area contributed by atoms with Gasteiger partial charge in [0.2, 0.25) is 0 Å². The van der Waals surface area contributed by atoms with Crippen molar-refractivity contribution >= 4 is 65.4 Å². The SMILES string of the molecule is N#Cc1ccc2c(c1)c1ccccc1n2-c1cccc(-c2c(C#N)cccc2-n2c3ccccc3c3c(-n4c5ccccc5c5ccccc54)cccc32)c1. The quantitative estimate of drug-likeness (QED) is 0.184. The van der Waals surface area contributed by atoms with Gasteiger partial charge in [-0.25, -0.2) is 0 Å². The molecule has 0 radical (unpaired) electrons. The molecule has 3 heterocycles. The molecule has 0 aliphatic carbocycles. The zero-order chi connectivity index (χ0) is 36.6. The van der Waals surface area contributed by atoms with Gasteiger partial charge in [0.15, 0.2) is 0 Å². The predicted octanol–water partition coefficient (Wildman–Crippen LogP) is 12.4. The van der Waals surface area contributed by atoms with Gasteiger partial charge in [-0.05, 0) is 84.4 Å². The third-order valence-corrected chi connectivity index (χ3v) is 11.1. The molecule has 5 heteroatoms. The lowest BCUT2D eigenvalue weighted by atomic mass is 9.97. The van der Waals surface area contributed by atoms with E-state index >= 15 is 0 Å². The van der Waals surface area contributed by atoms with E-state index in [4.69, 9.17) is 0 Å². The normalized spacial score (nSPS) is 11.6. The molecule has 0 fully saturated rings. The Bertz CT molecular complexity index is 3420. The number of nitrogens with zero attached hydrogens (tertiary/aromatic N) is 5. The number of aromatic nitrogens is 3. The fraction of sp³-hybridized carbons (Fsp3) is 0. The third kappa shape index (κ3) is 4.39. The Morgan fingerprint density at radius 2 is 0.891 bits per heavy atom. The molecule has 0 spiro atoms. The highest BCUT2D eigenvalue weighted by Gasteiger charge is 2.22. The lowest BCUT2D eigenvalue weighted by Gasteiger charge is -2.17. The molecular formula is C50H29N5. The summed E-state index contributed by atoms with van der Waals surface area (Å²) >= 11 is 0. The van der Waals surface area contributed by atoms with Crippen LogP contribution in [0.2, 0.25) is 0 Å². The fourth-order valence-electron chi connectivity index (χ4n) is 8.87. The second-order valence-electron chi connectivity index (χ2n) is 14.0. The zero-order valence-corrected chi connectivity index (χ0v) is 29.5. The number of nitriles is 2. The summed E-state index contributed by atoms with van der Waals surface area (Å²) in [6.45, 7) is 0. The first-order chi connectivity index (χ1) is 27.2. The fourth-order valence-corrected chi connectivity index (χ4v) is 8.87. The van der Waals surface area contributed by atoms with E-state index in [-0.39, 0.29) is 0 Å². The number of para-hydroxylation sites is 4. The molecule has 0 aliphatic heterocycles. The molecular weight excluding hydrogens is 671 g/mol. The minimum atomic E-state index is 0.597. The van der Waals surface area contributed by atoms with Gasteiger partial charge in [-0.1, -0.05) is 97.1 Å². The van der Waals surface area contributed by atoms with Crippen LogP contribution in [-0.2, 0) is 0 Å². The third-order valence-electron chi connectivity index (χ3n) is 11.1. The van der Waals surface area contributed by atoms with E-state index in [0.29, 0.717) is 11.1 Å². The summed E-state index contributed by atoms with van der Waals surface area (Å²) in [7, 11) is 0. The summed E-state index contributed by atoms with van der Waals surface area (Å²) in [6.07, 6.45) is 0. The highest BCUT2D eigenvalue weighted by molar-refractivity contribution is 6.17. The van der Waals surface area contributed by atoms with Gasteiger partial charge in [0, 0.05) is 43.6 Å². The monoisotopic (exact) mass is 699 g/mol. The molecule has 0 bridgehead atoms. The van der Waals surface area contributed by atoms with Crippen molar-refractivity contribution in [1.82, 2.24) is 13.7 Å². The summed E-state index contributed by atoms with van der Waals surface area (Å²) in [5.74, 6) is 0. The van der Waals surface area contributed by atoms with E-state index in [0.717, 1.165) is 82.8 Å². The van der Waals surface area contributed by atoms with Crippen LogP contribution in [0, 0.1) is 22.7 Å². The van der Waals surface area contributed by atoms with Crippen LogP contribution < -0.4 is 0 Å². The molecule has 11 aromatic rings. The number of benzene rings is 8. The van der Waals surface area contributed by atoms with Crippen LogP contribution in [0.3, 0.4) is 0 Å². The Morgan fingerprint density at radius 1 is 0.364 bits per heavy atom. The van der Waals surface area contributed by atoms with Crippen molar-refractivity contribution in [2.24, 2.45) is 0 Å². The molecule has 0 saturated carbocycles. The zero-order valence-electron chi connectivity index (χ0n) is 29.5. The van der Waals surface area contributed by atoms with Gasteiger partial charge in [-0.3, -0.25) is 0 Å². The highest BCUT2D eigenvalue weighted by atomic mass is 15.0. The van der Waals surface area contributed by atoms with Gasteiger partial charge in [0.05, 0.1) is 67.7 Å². The maximum absolute atomic E-state index is 10.7. The van der Waals surface area contributed by atoms with Crippen molar-refractivity contribution in [2.75, 3.05) is 0 Å². The minimum absolute atomic E-state index is 0.597. The van der Waals surface area contributed by atoms with Crippen molar-refractivity contribution < 1.29 is 0 Å². The van der Waals surface area contributed by atoms with E-state index in [1.165, 1.54) is 10.8 Å². The molecule has 254 valence electrons. The summed E-state index contributed by atoms with van der Waals surface area (Å²) in [4.78, 5) is 0. The van der Waals surface area contributed by atoms with E-state index in [9.17, 15) is 10.5 Å². The minimum Gasteiger partial charge on any atom is -0.309 e. The largest absolute Gasteiger partial charge is 0.309 e. The van der Waals surface area contributed by atoms with Crippen LogP contribution in [0.4, 0.5) is 0 Å². The van der Waals surface area contributed by atoms with E-state index in [1.807, 2.05) is 42.5 Å². The first kappa shape index (κ1) is 30.7. The molecule has 11 rings (SSSR count). The van der Waals surface area contributed by atoms with Gasteiger partial charge < -0.3 is 13.7 Å². The van der Waals surface area contributed by atoms with Crippen molar-refractivity contribution in [3.8, 4) is 40.3 Å². The lowest BCUT2D eigenvalue weighted by molar-refractivity contribution is 1.16. The average molecular weight is 700 g/mol. The van der Waals surface area contributed by atoms with Crippen LogP contribution in [0.1, 0.15) is 11.1 Å². The molecule has 0 unspecified atom stereocenters. The smallest absolute Gasteiger partial charge is 0.0998 e. The first-order valence-electron chi connectivity index (χ1n) is 18.3. The second kappa shape index (κ2) is 11.8. The summed E-state index contributed by atoms with van der Waals surface area (Å²) < 4.78 is 6.97. The Labute approximate surface area is 316 Å². The van der Waals surface area contributed by atoms with E-state index < -0.39 is 0 Å². The average Bonchev–Trinajstić information content (AvgIpc) is 3.89. The summed E-state index contributed by atoms with van der Waals surface area (Å²) in [5.41, 5.74) is 12.6. The van der Waals surface area contributed by atoms with E-state index in [2.05, 4.69) is 159 Å². The number of hydrogen-bond acceptors (Lipinski definition) is 2. The van der Waals surface area contributed by atoms with Crippen molar-refractivity contribution in [2.45, 2.75) is 0 Å². The van der Waals surface area contributed by atoms with Crippen LogP contribution in [0.15, 0.2) is 176 Å². The lowest BCUT2D eigenvalue weighted by Crippen LogP contribution is -2.01. The molecule has 3 aromatic heterocycles. The molecule has 0 aliphatic rings. The Morgan fingerprint density at radius 3 is 1.58 bits per heavy atom. The molecule has 0 amide bonds.